The van der Waals surface area contributed by atoms with E-state index >= 15 is 0 Å². The average Bonchev–Trinajstić information content (AvgIpc) is 3.04. The Labute approximate surface area is 116 Å². The number of hydrogen-bond acceptors (Lipinski definition) is 5. The van der Waals surface area contributed by atoms with Crippen LogP contribution in [0.3, 0.4) is 0 Å². The summed E-state index contributed by atoms with van der Waals surface area (Å²) in [7, 11) is -3.43. The maximum Gasteiger partial charge on any atom is 0.250 e. The third-order valence-electron chi connectivity index (χ3n) is 2.85. The zero-order valence-electron chi connectivity index (χ0n) is 10.4. The molecule has 1 saturated heterocycles. The maximum absolute atomic E-state index is 11.8. The monoisotopic (exact) mass is 303 g/mol. The number of thiophene rings is 1. The smallest absolute Gasteiger partial charge is 0.250 e. The van der Waals surface area contributed by atoms with Crippen molar-refractivity contribution in [1.29, 1.82) is 0 Å². The van der Waals surface area contributed by atoms with E-state index < -0.39 is 10.0 Å². The molecule has 1 unspecified atom stereocenters. The van der Waals surface area contributed by atoms with Crippen LogP contribution in [-0.4, -0.2) is 40.0 Å². The van der Waals surface area contributed by atoms with E-state index in [1.54, 1.807) is 17.5 Å². The van der Waals surface area contributed by atoms with Gasteiger partial charge in [-0.25, -0.2) is 13.1 Å². The Bertz CT molecular complexity index is 507. The first-order valence-corrected chi connectivity index (χ1v) is 8.50. The molecule has 1 amide bonds. The highest BCUT2D eigenvalue weighted by Crippen LogP contribution is 2.14. The minimum absolute atomic E-state index is 0.0622. The molecule has 3 N–H and O–H groups in total. The van der Waals surface area contributed by atoms with E-state index in [0.29, 0.717) is 6.54 Å². The first-order valence-electron chi connectivity index (χ1n) is 6.14. The Morgan fingerprint density at radius 3 is 2.95 bits per heavy atom. The van der Waals surface area contributed by atoms with Crippen LogP contribution in [0.25, 0.3) is 0 Å². The molecule has 1 fully saturated rings. The summed E-state index contributed by atoms with van der Waals surface area (Å²) in [6.07, 6.45) is 1.84. The minimum Gasteiger partial charge on any atom is -0.353 e. The predicted molar refractivity (Wildman–Crippen MR) is 73.5 cm³/mol. The second-order valence-electron chi connectivity index (χ2n) is 4.27. The predicted octanol–water partition coefficient (Wildman–Crippen LogP) is -0.105. The number of amides is 1. The van der Waals surface area contributed by atoms with Crippen LogP contribution in [0.2, 0.25) is 0 Å². The number of carbonyl (C=O) groups excluding carboxylic acids is 1. The van der Waals surface area contributed by atoms with Gasteiger partial charge >= 0.3 is 0 Å². The molecule has 8 heteroatoms. The summed E-state index contributed by atoms with van der Waals surface area (Å²) in [6.45, 7) is 1.35. The van der Waals surface area contributed by atoms with Crippen LogP contribution >= 0.6 is 11.3 Å². The lowest BCUT2D eigenvalue weighted by Crippen LogP contribution is -2.43. The summed E-state index contributed by atoms with van der Waals surface area (Å²) >= 11 is 1.17. The fraction of sp³-hybridized carbons (Fsp3) is 0.545. The van der Waals surface area contributed by atoms with E-state index in [-0.39, 0.29) is 22.7 Å². The molecule has 0 spiro atoms. The number of sulfonamides is 1. The summed E-state index contributed by atoms with van der Waals surface area (Å²) in [5.41, 5.74) is 0. The van der Waals surface area contributed by atoms with E-state index in [2.05, 4.69) is 15.4 Å². The van der Waals surface area contributed by atoms with Crippen LogP contribution in [0.15, 0.2) is 21.7 Å². The molecule has 0 aromatic carbocycles. The minimum atomic E-state index is -3.43. The molecule has 2 heterocycles. The van der Waals surface area contributed by atoms with Gasteiger partial charge in [0.2, 0.25) is 15.9 Å². The molecule has 0 saturated carbocycles. The molecule has 0 bridgehead atoms. The SMILES string of the molecule is O=C(NCCNS(=O)(=O)c1cccs1)C1CCCN1. The van der Waals surface area contributed by atoms with Crippen molar-refractivity contribution in [1.82, 2.24) is 15.4 Å². The standard InChI is InChI=1S/C11H17N3O3S2/c15-11(9-3-1-5-12-9)13-6-7-14-19(16,17)10-4-2-8-18-10/h2,4,8-9,12,14H,1,3,5-7H2,(H,13,15). The first kappa shape index (κ1) is 14.4. The van der Waals surface area contributed by atoms with Crippen molar-refractivity contribution in [2.45, 2.75) is 23.1 Å². The van der Waals surface area contributed by atoms with Gasteiger partial charge in [-0.3, -0.25) is 4.79 Å². The molecular weight excluding hydrogens is 286 g/mol. The van der Waals surface area contributed by atoms with E-state index in [4.69, 9.17) is 0 Å². The van der Waals surface area contributed by atoms with Gasteiger partial charge in [0.05, 0.1) is 6.04 Å². The van der Waals surface area contributed by atoms with Gasteiger partial charge in [0.1, 0.15) is 4.21 Å². The lowest BCUT2D eigenvalue weighted by molar-refractivity contribution is -0.122. The molecule has 19 heavy (non-hydrogen) atoms. The Balaban J connectivity index is 1.70. The molecular formula is C11H17N3O3S2. The third-order valence-corrected chi connectivity index (χ3v) is 5.71. The normalized spacial score (nSPS) is 19.5. The van der Waals surface area contributed by atoms with Crippen LogP contribution in [-0.2, 0) is 14.8 Å². The van der Waals surface area contributed by atoms with Gasteiger partial charge < -0.3 is 10.6 Å². The van der Waals surface area contributed by atoms with Gasteiger partial charge in [-0.15, -0.1) is 11.3 Å². The van der Waals surface area contributed by atoms with Gasteiger partial charge in [0.15, 0.2) is 0 Å². The van der Waals surface area contributed by atoms with Crippen molar-refractivity contribution in [2.75, 3.05) is 19.6 Å². The van der Waals surface area contributed by atoms with Gasteiger partial charge in [-0.05, 0) is 30.8 Å². The molecule has 1 aromatic rings. The van der Waals surface area contributed by atoms with Gasteiger partial charge in [-0.2, -0.15) is 0 Å². The molecule has 0 radical (unpaired) electrons. The molecule has 1 aliphatic rings. The Kier molecular flexibility index (Phi) is 4.92. The summed E-state index contributed by atoms with van der Waals surface area (Å²) in [5, 5.41) is 7.51. The van der Waals surface area contributed by atoms with Crippen molar-refractivity contribution >= 4 is 27.3 Å². The zero-order chi connectivity index (χ0) is 13.7. The van der Waals surface area contributed by atoms with Crippen LogP contribution < -0.4 is 15.4 Å². The van der Waals surface area contributed by atoms with Crippen molar-refractivity contribution < 1.29 is 13.2 Å². The van der Waals surface area contributed by atoms with E-state index in [1.165, 1.54) is 11.3 Å². The second kappa shape index (κ2) is 6.47. The molecule has 2 rings (SSSR count). The van der Waals surface area contributed by atoms with Crippen molar-refractivity contribution in [3.63, 3.8) is 0 Å². The Morgan fingerprint density at radius 1 is 1.47 bits per heavy atom. The highest BCUT2D eigenvalue weighted by molar-refractivity contribution is 7.91. The lowest BCUT2D eigenvalue weighted by Gasteiger charge is -2.11. The van der Waals surface area contributed by atoms with Crippen LogP contribution in [0.5, 0.6) is 0 Å². The van der Waals surface area contributed by atoms with Gasteiger partial charge in [-0.1, -0.05) is 6.07 Å². The van der Waals surface area contributed by atoms with Crippen molar-refractivity contribution in [3.05, 3.63) is 17.5 Å². The highest BCUT2D eigenvalue weighted by Gasteiger charge is 2.21. The zero-order valence-corrected chi connectivity index (χ0v) is 12.0. The number of carbonyl (C=O) groups is 1. The van der Waals surface area contributed by atoms with Crippen LogP contribution in [0.1, 0.15) is 12.8 Å². The molecule has 1 aliphatic heterocycles. The topological polar surface area (TPSA) is 87.3 Å². The third kappa shape index (κ3) is 4.00. The second-order valence-corrected chi connectivity index (χ2v) is 7.21. The van der Waals surface area contributed by atoms with Crippen molar-refractivity contribution in [3.8, 4) is 0 Å². The number of hydrogen-bond donors (Lipinski definition) is 3. The fourth-order valence-electron chi connectivity index (χ4n) is 1.89. The number of nitrogens with one attached hydrogen (secondary N) is 3. The molecule has 0 aliphatic carbocycles. The molecule has 6 nitrogen and oxygen atoms in total. The maximum atomic E-state index is 11.8. The van der Waals surface area contributed by atoms with Gasteiger partial charge in [0.25, 0.3) is 0 Å². The Hall–Kier alpha value is -0.960. The largest absolute Gasteiger partial charge is 0.353 e. The summed E-state index contributed by atoms with van der Waals surface area (Å²) in [6, 6.07) is 3.11. The molecule has 1 atom stereocenters. The van der Waals surface area contributed by atoms with E-state index in [0.717, 1.165) is 19.4 Å². The molecule has 106 valence electrons. The quantitative estimate of drug-likeness (QED) is 0.640. The van der Waals surface area contributed by atoms with Gasteiger partial charge in [0, 0.05) is 13.1 Å². The average molecular weight is 303 g/mol. The number of rotatable bonds is 6. The van der Waals surface area contributed by atoms with E-state index in [1.807, 2.05) is 0 Å². The van der Waals surface area contributed by atoms with Crippen molar-refractivity contribution in [2.24, 2.45) is 0 Å². The highest BCUT2D eigenvalue weighted by atomic mass is 32.2. The summed E-state index contributed by atoms with van der Waals surface area (Å²) in [5.74, 6) is -0.0622. The van der Waals surface area contributed by atoms with Crippen LogP contribution in [0, 0.1) is 0 Å². The molecule has 1 aromatic heterocycles. The van der Waals surface area contributed by atoms with Crippen LogP contribution in [0.4, 0.5) is 0 Å². The fourth-order valence-corrected chi connectivity index (χ4v) is 3.96. The summed E-state index contributed by atoms with van der Waals surface area (Å²) < 4.78 is 26.3. The Morgan fingerprint density at radius 2 is 2.32 bits per heavy atom. The lowest BCUT2D eigenvalue weighted by atomic mass is 10.2. The first-order chi connectivity index (χ1) is 9.09. The van der Waals surface area contributed by atoms with E-state index in [9.17, 15) is 13.2 Å². The summed E-state index contributed by atoms with van der Waals surface area (Å²) in [4.78, 5) is 11.6.